The summed E-state index contributed by atoms with van der Waals surface area (Å²) in [6, 6.07) is 0. The second-order valence-corrected chi connectivity index (χ2v) is 4.02. The Balaban J connectivity index is 2.00. The zero-order chi connectivity index (χ0) is 7.84. The van der Waals surface area contributed by atoms with Gasteiger partial charge in [0.1, 0.15) is 0 Å². The van der Waals surface area contributed by atoms with Crippen molar-refractivity contribution in [2.45, 2.75) is 25.9 Å². The maximum Gasteiger partial charge on any atom is 0.0583 e. The molecule has 2 bridgehead atoms. The van der Waals surface area contributed by atoms with Crippen LogP contribution in [0.15, 0.2) is 0 Å². The van der Waals surface area contributed by atoms with E-state index in [1.165, 1.54) is 13.0 Å². The molecule has 2 heteroatoms. The number of aliphatic hydroxyl groups is 1. The summed E-state index contributed by atoms with van der Waals surface area (Å²) in [4.78, 5) is 2.47. The Bertz CT molecular complexity index is 146. The number of piperidine rings is 1. The SMILES string of the molecule is CCN1CC2CC(O)C(C2)C1. The van der Waals surface area contributed by atoms with Crippen LogP contribution in [0.2, 0.25) is 0 Å². The van der Waals surface area contributed by atoms with Gasteiger partial charge in [-0.05, 0) is 31.2 Å². The topological polar surface area (TPSA) is 23.5 Å². The monoisotopic (exact) mass is 155 g/mol. The van der Waals surface area contributed by atoms with Crippen molar-refractivity contribution in [3.05, 3.63) is 0 Å². The Kier molecular flexibility index (Phi) is 1.90. The second-order valence-electron chi connectivity index (χ2n) is 4.02. The number of fused-ring (bicyclic) bond motifs is 2. The number of hydrogen-bond acceptors (Lipinski definition) is 2. The first-order valence-corrected chi connectivity index (χ1v) is 4.70. The van der Waals surface area contributed by atoms with Crippen molar-refractivity contribution in [2.24, 2.45) is 11.8 Å². The van der Waals surface area contributed by atoms with Gasteiger partial charge < -0.3 is 10.0 Å². The van der Waals surface area contributed by atoms with E-state index in [0.717, 1.165) is 25.4 Å². The highest BCUT2D eigenvalue weighted by Gasteiger charge is 2.38. The minimum absolute atomic E-state index is 0.0107. The van der Waals surface area contributed by atoms with E-state index in [1.807, 2.05) is 0 Å². The Morgan fingerprint density at radius 3 is 2.82 bits per heavy atom. The maximum absolute atomic E-state index is 9.59. The van der Waals surface area contributed by atoms with Crippen molar-refractivity contribution in [1.82, 2.24) is 4.90 Å². The normalized spacial score (nSPS) is 44.7. The summed E-state index contributed by atoms with van der Waals surface area (Å²) >= 11 is 0. The Hall–Kier alpha value is -0.0800. The summed E-state index contributed by atoms with van der Waals surface area (Å²) in [6.07, 6.45) is 2.34. The highest BCUT2D eigenvalue weighted by molar-refractivity contribution is 4.90. The van der Waals surface area contributed by atoms with Gasteiger partial charge in [-0.25, -0.2) is 0 Å². The van der Waals surface area contributed by atoms with E-state index in [1.54, 1.807) is 0 Å². The van der Waals surface area contributed by atoms with Gasteiger partial charge in [-0.15, -0.1) is 0 Å². The molecule has 0 amide bonds. The lowest BCUT2D eigenvalue weighted by atomic mass is 9.99. The van der Waals surface area contributed by atoms with E-state index in [-0.39, 0.29) is 6.10 Å². The minimum atomic E-state index is 0.0107. The van der Waals surface area contributed by atoms with Gasteiger partial charge in [0.2, 0.25) is 0 Å². The molecule has 2 aliphatic rings. The molecule has 3 atom stereocenters. The van der Waals surface area contributed by atoms with Gasteiger partial charge in [-0.1, -0.05) is 6.92 Å². The predicted octanol–water partition coefficient (Wildman–Crippen LogP) is 0.709. The fourth-order valence-electron chi connectivity index (χ4n) is 2.59. The van der Waals surface area contributed by atoms with Crippen LogP contribution < -0.4 is 0 Å². The third-order valence-electron chi connectivity index (χ3n) is 3.21. The zero-order valence-corrected chi connectivity index (χ0v) is 7.16. The molecule has 0 aromatic carbocycles. The Morgan fingerprint density at radius 1 is 1.36 bits per heavy atom. The van der Waals surface area contributed by atoms with E-state index in [0.29, 0.717) is 5.92 Å². The van der Waals surface area contributed by atoms with Gasteiger partial charge in [-0.2, -0.15) is 0 Å². The van der Waals surface area contributed by atoms with Crippen LogP contribution in [0.1, 0.15) is 19.8 Å². The lowest BCUT2D eigenvalue weighted by Crippen LogP contribution is -2.37. The number of hydrogen-bond donors (Lipinski definition) is 1. The molecule has 3 unspecified atom stereocenters. The summed E-state index contributed by atoms with van der Waals surface area (Å²) in [5.41, 5.74) is 0. The van der Waals surface area contributed by atoms with E-state index in [4.69, 9.17) is 0 Å². The number of nitrogens with zero attached hydrogens (tertiary/aromatic N) is 1. The molecule has 11 heavy (non-hydrogen) atoms. The average molecular weight is 155 g/mol. The molecular weight excluding hydrogens is 138 g/mol. The summed E-state index contributed by atoms with van der Waals surface area (Å²) in [5, 5.41) is 9.59. The molecule has 1 N–H and O–H groups in total. The van der Waals surface area contributed by atoms with Gasteiger partial charge in [0.05, 0.1) is 6.10 Å². The summed E-state index contributed by atoms with van der Waals surface area (Å²) in [7, 11) is 0. The van der Waals surface area contributed by atoms with E-state index in [9.17, 15) is 5.11 Å². The van der Waals surface area contributed by atoms with Gasteiger partial charge in [0.15, 0.2) is 0 Å². The Labute approximate surface area is 68.2 Å². The Morgan fingerprint density at radius 2 is 2.18 bits per heavy atom. The first-order chi connectivity index (χ1) is 5.29. The van der Waals surface area contributed by atoms with Gasteiger partial charge in [-0.3, -0.25) is 0 Å². The average Bonchev–Trinajstić information content (AvgIpc) is 2.26. The third kappa shape index (κ3) is 1.30. The molecule has 0 aromatic rings. The van der Waals surface area contributed by atoms with Crippen molar-refractivity contribution in [1.29, 1.82) is 0 Å². The van der Waals surface area contributed by atoms with Gasteiger partial charge >= 0.3 is 0 Å². The molecule has 0 spiro atoms. The van der Waals surface area contributed by atoms with Crippen LogP contribution in [0.5, 0.6) is 0 Å². The standard InChI is InChI=1S/C9H17NO/c1-2-10-5-7-3-8(6-10)9(11)4-7/h7-9,11H,2-6H2,1H3. The van der Waals surface area contributed by atoms with Gasteiger partial charge in [0, 0.05) is 13.1 Å². The van der Waals surface area contributed by atoms with Crippen molar-refractivity contribution in [3.8, 4) is 0 Å². The van der Waals surface area contributed by atoms with Crippen LogP contribution in [0.3, 0.4) is 0 Å². The molecule has 1 saturated carbocycles. The summed E-state index contributed by atoms with van der Waals surface area (Å²) < 4.78 is 0. The van der Waals surface area contributed by atoms with Crippen LogP contribution in [0.25, 0.3) is 0 Å². The fourth-order valence-corrected chi connectivity index (χ4v) is 2.59. The highest BCUT2D eigenvalue weighted by atomic mass is 16.3. The first kappa shape index (κ1) is 7.56. The number of rotatable bonds is 1. The number of aliphatic hydroxyl groups excluding tert-OH is 1. The smallest absolute Gasteiger partial charge is 0.0583 e. The van der Waals surface area contributed by atoms with Crippen molar-refractivity contribution in [3.63, 3.8) is 0 Å². The zero-order valence-electron chi connectivity index (χ0n) is 7.16. The lowest BCUT2D eigenvalue weighted by molar-refractivity contribution is 0.105. The number of likely N-dealkylation sites (tertiary alicyclic amines) is 1. The van der Waals surface area contributed by atoms with Crippen molar-refractivity contribution < 1.29 is 5.11 Å². The van der Waals surface area contributed by atoms with E-state index < -0.39 is 0 Å². The summed E-state index contributed by atoms with van der Waals surface area (Å²) in [5.74, 6) is 1.39. The van der Waals surface area contributed by atoms with Crippen LogP contribution in [-0.4, -0.2) is 35.7 Å². The quantitative estimate of drug-likeness (QED) is 0.603. The molecule has 1 heterocycles. The minimum Gasteiger partial charge on any atom is -0.393 e. The largest absolute Gasteiger partial charge is 0.393 e. The highest BCUT2D eigenvalue weighted by Crippen LogP contribution is 2.36. The van der Waals surface area contributed by atoms with E-state index in [2.05, 4.69) is 11.8 Å². The van der Waals surface area contributed by atoms with Crippen molar-refractivity contribution in [2.75, 3.05) is 19.6 Å². The lowest BCUT2D eigenvalue weighted by Gasteiger charge is -2.30. The molecule has 2 fully saturated rings. The molecule has 2 rings (SSSR count). The molecule has 0 radical (unpaired) electrons. The molecule has 1 aliphatic carbocycles. The summed E-state index contributed by atoms with van der Waals surface area (Å²) in [6.45, 7) is 5.72. The second kappa shape index (κ2) is 2.76. The fraction of sp³-hybridized carbons (Fsp3) is 1.00. The van der Waals surface area contributed by atoms with Crippen LogP contribution >= 0.6 is 0 Å². The van der Waals surface area contributed by atoms with Crippen LogP contribution in [0.4, 0.5) is 0 Å². The van der Waals surface area contributed by atoms with Gasteiger partial charge in [0.25, 0.3) is 0 Å². The first-order valence-electron chi connectivity index (χ1n) is 4.70. The van der Waals surface area contributed by atoms with Crippen molar-refractivity contribution >= 4 is 0 Å². The van der Waals surface area contributed by atoms with E-state index >= 15 is 0 Å². The molecule has 64 valence electrons. The van der Waals surface area contributed by atoms with Crippen LogP contribution in [0, 0.1) is 11.8 Å². The predicted molar refractivity (Wildman–Crippen MR) is 44.3 cm³/mol. The molecule has 0 aromatic heterocycles. The van der Waals surface area contributed by atoms with Crippen LogP contribution in [-0.2, 0) is 0 Å². The molecule has 1 saturated heterocycles. The molecular formula is C9H17NO. The molecule has 2 nitrogen and oxygen atoms in total. The molecule has 1 aliphatic heterocycles. The maximum atomic E-state index is 9.59. The third-order valence-corrected chi connectivity index (χ3v) is 3.21.